The molecular weight excluding hydrogens is 602 g/mol. The van der Waals surface area contributed by atoms with Crippen molar-refractivity contribution in [2.24, 2.45) is 24.8 Å². The van der Waals surface area contributed by atoms with Gasteiger partial charge in [-0.3, -0.25) is 14.3 Å². The van der Waals surface area contributed by atoms with E-state index in [1.165, 1.54) is 12.8 Å². The minimum absolute atomic E-state index is 0.00101. The molecule has 5 unspecified atom stereocenters. The van der Waals surface area contributed by atoms with Crippen molar-refractivity contribution in [3.05, 3.63) is 41.0 Å². The number of nitrogens with one attached hydrogen (secondary N) is 6. The number of piperidine rings is 2. The monoisotopic (exact) mass is 662 g/mol. The molecular formula is C35H60F2N8O2. The zero-order valence-corrected chi connectivity index (χ0v) is 29.9. The highest BCUT2D eigenvalue weighted by atomic mass is 19.3. The normalized spacial score (nSPS) is 23.5. The Hall–Kier alpha value is -3.28. The summed E-state index contributed by atoms with van der Waals surface area (Å²) in [5, 5.41) is 27.3. The van der Waals surface area contributed by atoms with Crippen LogP contribution in [0.3, 0.4) is 0 Å². The fourth-order valence-electron chi connectivity index (χ4n) is 5.82. The SMILES string of the molecule is CC1CCC(=O)NC1.CCC(C)=C(C(C)=N)C1CNCCC1(F)F.CCC(C)CCCC(NC(=O)c1ccnn1C)C1=CNC(C)N1. The Morgan fingerprint density at radius 2 is 1.94 bits per heavy atom. The molecule has 3 aliphatic rings. The van der Waals surface area contributed by atoms with Gasteiger partial charge in [0, 0.05) is 57.6 Å². The maximum atomic E-state index is 13.8. The van der Waals surface area contributed by atoms with Gasteiger partial charge < -0.3 is 32.0 Å². The van der Waals surface area contributed by atoms with Crippen LogP contribution in [0.15, 0.2) is 35.3 Å². The van der Waals surface area contributed by atoms with E-state index in [1.807, 2.05) is 20.0 Å². The Bertz CT molecular complexity index is 1220. The number of nitrogens with zero attached hydrogens (tertiary/aromatic N) is 2. The number of aromatic nitrogens is 2. The van der Waals surface area contributed by atoms with Crippen LogP contribution >= 0.6 is 0 Å². The first kappa shape index (κ1) is 39.9. The molecule has 2 amide bonds. The highest BCUT2D eigenvalue weighted by Gasteiger charge is 2.44. The summed E-state index contributed by atoms with van der Waals surface area (Å²) in [4.78, 5) is 23.0. The first-order valence-electron chi connectivity index (χ1n) is 17.3. The predicted octanol–water partition coefficient (Wildman–Crippen LogP) is 5.64. The van der Waals surface area contributed by atoms with E-state index in [2.05, 4.69) is 59.4 Å². The molecule has 1 aromatic heterocycles. The number of alkyl halides is 2. The number of hydrogen-bond donors (Lipinski definition) is 6. The molecule has 5 atom stereocenters. The minimum atomic E-state index is -2.68. The van der Waals surface area contributed by atoms with Crippen LogP contribution in [0.2, 0.25) is 0 Å². The Labute approximate surface area is 280 Å². The number of aryl methyl sites for hydroxylation is 1. The third-order valence-corrected chi connectivity index (χ3v) is 9.24. The largest absolute Gasteiger partial charge is 0.370 e. The summed E-state index contributed by atoms with van der Waals surface area (Å²) >= 11 is 0. The van der Waals surface area contributed by atoms with Gasteiger partial charge >= 0.3 is 0 Å². The van der Waals surface area contributed by atoms with Crippen molar-refractivity contribution < 1.29 is 18.4 Å². The van der Waals surface area contributed by atoms with Crippen molar-refractivity contribution in [2.45, 2.75) is 118 Å². The fraction of sp³-hybridized carbons (Fsp3) is 0.714. The van der Waals surface area contributed by atoms with Crippen LogP contribution in [-0.4, -0.2) is 65.1 Å². The maximum absolute atomic E-state index is 13.8. The lowest BCUT2D eigenvalue weighted by molar-refractivity contribution is -0.122. The number of carbonyl (C=O) groups is 2. The molecule has 0 radical (unpaired) electrons. The Kier molecular flexibility index (Phi) is 16.6. The van der Waals surface area contributed by atoms with Crippen molar-refractivity contribution in [3.8, 4) is 0 Å². The molecule has 2 fully saturated rings. The van der Waals surface area contributed by atoms with E-state index in [4.69, 9.17) is 5.41 Å². The van der Waals surface area contributed by atoms with E-state index in [-0.39, 0.29) is 42.7 Å². The van der Waals surface area contributed by atoms with Gasteiger partial charge in [-0.05, 0) is 63.5 Å². The molecule has 47 heavy (non-hydrogen) atoms. The van der Waals surface area contributed by atoms with Gasteiger partial charge in [0.2, 0.25) is 5.91 Å². The molecule has 0 aromatic carbocycles. The van der Waals surface area contributed by atoms with Crippen molar-refractivity contribution in [1.29, 1.82) is 5.41 Å². The van der Waals surface area contributed by atoms with Crippen molar-refractivity contribution in [3.63, 3.8) is 0 Å². The first-order chi connectivity index (χ1) is 22.2. The third kappa shape index (κ3) is 13.0. The van der Waals surface area contributed by atoms with Crippen LogP contribution in [-0.2, 0) is 11.8 Å². The number of halogens is 2. The molecule has 4 rings (SSSR count). The molecule has 0 aliphatic carbocycles. The molecule has 0 bridgehead atoms. The summed E-state index contributed by atoms with van der Waals surface area (Å²) in [5.74, 6) is -1.97. The van der Waals surface area contributed by atoms with E-state index in [0.717, 1.165) is 55.8 Å². The topological polar surface area (TPSA) is 136 Å². The molecule has 0 saturated carbocycles. The lowest BCUT2D eigenvalue weighted by atomic mass is 9.82. The van der Waals surface area contributed by atoms with Crippen molar-refractivity contribution >= 4 is 17.5 Å². The van der Waals surface area contributed by atoms with E-state index >= 15 is 0 Å². The summed E-state index contributed by atoms with van der Waals surface area (Å²) in [6.07, 6.45) is 10.6. The summed E-state index contributed by atoms with van der Waals surface area (Å²) in [6.45, 7) is 15.6. The summed E-state index contributed by atoms with van der Waals surface area (Å²) in [6, 6.07) is 1.74. The molecule has 4 heterocycles. The maximum Gasteiger partial charge on any atom is 0.270 e. The predicted molar refractivity (Wildman–Crippen MR) is 185 cm³/mol. The summed E-state index contributed by atoms with van der Waals surface area (Å²) in [5.41, 5.74) is 3.35. The smallest absolute Gasteiger partial charge is 0.270 e. The lowest BCUT2D eigenvalue weighted by Crippen LogP contribution is -2.46. The van der Waals surface area contributed by atoms with Gasteiger partial charge in [-0.15, -0.1) is 0 Å². The Morgan fingerprint density at radius 1 is 1.21 bits per heavy atom. The van der Waals surface area contributed by atoms with Gasteiger partial charge in [0.05, 0.1) is 23.8 Å². The highest BCUT2D eigenvalue weighted by molar-refractivity contribution is 5.97. The second-order valence-electron chi connectivity index (χ2n) is 13.3. The lowest BCUT2D eigenvalue weighted by Gasteiger charge is -2.34. The van der Waals surface area contributed by atoms with Gasteiger partial charge in [0.25, 0.3) is 11.8 Å². The number of rotatable bonds is 11. The molecule has 10 nitrogen and oxygen atoms in total. The standard InChI is InChI=1S/C17H29N5O.C12H20F2N2.C6H11NO/c1-5-12(2)7-6-8-14(15-11-18-13(3)20-15)21-17(23)16-9-10-19-22(16)4;1-4-8(2)11(9(3)15)10-7-16-6-5-12(10,13)14;1-5-2-3-6(8)7-4-5/h9-14,18,20H,5-8H2,1-4H3,(H,21,23);10,15-16H,4-7H2,1-3H3;5H,2-4H2,1H3,(H,7,8). The zero-order chi connectivity index (χ0) is 35.1. The second kappa shape index (κ2) is 19.5. The fourth-order valence-corrected chi connectivity index (χ4v) is 5.82. The number of allylic oxidation sites excluding steroid dienone is 1. The molecule has 12 heteroatoms. The molecule has 2 saturated heterocycles. The quantitative estimate of drug-likeness (QED) is 0.170. The van der Waals surface area contributed by atoms with Crippen LogP contribution in [0.25, 0.3) is 0 Å². The van der Waals surface area contributed by atoms with Crippen molar-refractivity contribution in [1.82, 2.24) is 36.4 Å². The molecule has 266 valence electrons. The Balaban J connectivity index is 0.000000275. The van der Waals surface area contributed by atoms with Crippen LogP contribution in [0, 0.1) is 23.2 Å². The van der Waals surface area contributed by atoms with Crippen LogP contribution < -0.4 is 26.6 Å². The van der Waals surface area contributed by atoms with Gasteiger partial charge in [-0.1, -0.05) is 52.5 Å². The minimum Gasteiger partial charge on any atom is -0.370 e. The molecule has 0 spiro atoms. The second-order valence-corrected chi connectivity index (χ2v) is 13.3. The van der Waals surface area contributed by atoms with E-state index in [1.54, 1.807) is 30.9 Å². The molecule has 3 aliphatic heterocycles. The van der Waals surface area contributed by atoms with Gasteiger partial charge in [0.15, 0.2) is 0 Å². The van der Waals surface area contributed by atoms with E-state index in [0.29, 0.717) is 23.7 Å². The van der Waals surface area contributed by atoms with Gasteiger partial charge in [0.1, 0.15) is 5.69 Å². The number of carbonyl (C=O) groups excluding carboxylic acids is 2. The van der Waals surface area contributed by atoms with Crippen molar-refractivity contribution in [2.75, 3.05) is 19.6 Å². The van der Waals surface area contributed by atoms with Crippen LogP contribution in [0.5, 0.6) is 0 Å². The van der Waals surface area contributed by atoms with Crippen LogP contribution in [0.1, 0.15) is 110 Å². The van der Waals surface area contributed by atoms with Gasteiger partial charge in [-0.2, -0.15) is 5.10 Å². The molecule has 1 aromatic rings. The van der Waals surface area contributed by atoms with E-state index in [9.17, 15) is 18.4 Å². The molecule has 6 N–H and O–H groups in total. The third-order valence-electron chi connectivity index (χ3n) is 9.24. The zero-order valence-electron chi connectivity index (χ0n) is 29.9. The average Bonchev–Trinajstić information content (AvgIpc) is 3.67. The van der Waals surface area contributed by atoms with Gasteiger partial charge in [-0.25, -0.2) is 8.78 Å². The first-order valence-corrected chi connectivity index (χ1v) is 17.3. The highest BCUT2D eigenvalue weighted by Crippen LogP contribution is 2.37. The average molecular weight is 663 g/mol. The van der Waals surface area contributed by atoms with E-state index < -0.39 is 11.8 Å². The summed E-state index contributed by atoms with van der Waals surface area (Å²) in [7, 11) is 1.78. The number of hydrogen-bond acceptors (Lipinski definition) is 7. The Morgan fingerprint density at radius 3 is 2.43 bits per heavy atom. The number of amides is 2. The summed E-state index contributed by atoms with van der Waals surface area (Å²) < 4.78 is 29.2. The van der Waals surface area contributed by atoms with Crippen LogP contribution in [0.4, 0.5) is 8.78 Å².